The number of ketones is 2. The molecule has 0 saturated heterocycles. The number of esters is 1. The van der Waals surface area contributed by atoms with E-state index < -0.39 is 17.0 Å². The molecule has 5 rings (SSSR count). The summed E-state index contributed by atoms with van der Waals surface area (Å²) in [6, 6.07) is 0. The van der Waals surface area contributed by atoms with Gasteiger partial charge in [-0.05, 0) is 67.9 Å². The van der Waals surface area contributed by atoms with E-state index in [1.807, 2.05) is 0 Å². The third-order valence-electron chi connectivity index (χ3n) is 9.17. The van der Waals surface area contributed by atoms with Gasteiger partial charge in [0.05, 0.1) is 0 Å². The first-order valence-corrected chi connectivity index (χ1v) is 10.8. The first-order chi connectivity index (χ1) is 13.1. The highest BCUT2D eigenvalue weighted by atomic mass is 35.5. The molecule has 0 unspecified atom stereocenters. The number of carbonyl (C=O) groups is 3. The zero-order valence-electron chi connectivity index (χ0n) is 16.9. The maximum atomic E-state index is 12.8. The number of fused-ring (bicyclic) bond motifs is 7. The molecule has 0 heterocycles. The van der Waals surface area contributed by atoms with Crippen molar-refractivity contribution < 1.29 is 19.1 Å². The highest BCUT2D eigenvalue weighted by molar-refractivity contribution is 6.32. The van der Waals surface area contributed by atoms with Crippen LogP contribution in [0.5, 0.6) is 0 Å². The van der Waals surface area contributed by atoms with E-state index in [4.69, 9.17) is 16.3 Å². The van der Waals surface area contributed by atoms with E-state index in [0.29, 0.717) is 23.3 Å². The summed E-state index contributed by atoms with van der Waals surface area (Å²) in [5.74, 6) is 1.07. The second kappa shape index (κ2) is 5.38. The van der Waals surface area contributed by atoms with Gasteiger partial charge in [0.2, 0.25) is 0 Å². The molecule has 0 radical (unpaired) electrons. The van der Waals surface area contributed by atoms with Gasteiger partial charge in [0, 0.05) is 28.7 Å². The summed E-state index contributed by atoms with van der Waals surface area (Å²) in [7, 11) is 0. The summed E-state index contributed by atoms with van der Waals surface area (Å²) in [6.07, 6.45) is 7.11. The molecule has 5 heteroatoms. The molecule has 3 fully saturated rings. The van der Waals surface area contributed by atoms with Crippen LogP contribution in [0.15, 0.2) is 22.8 Å². The van der Waals surface area contributed by atoms with Crippen LogP contribution in [-0.2, 0) is 19.1 Å². The van der Waals surface area contributed by atoms with Crippen molar-refractivity contribution in [3.63, 3.8) is 0 Å². The topological polar surface area (TPSA) is 60.4 Å². The quantitative estimate of drug-likeness (QED) is 0.649. The number of rotatable bonds is 2. The first kappa shape index (κ1) is 18.6. The minimum atomic E-state index is -1.05. The molecule has 5 aliphatic carbocycles. The Balaban J connectivity index is 1.63. The smallest absolute Gasteiger partial charge is 0.303 e. The number of allylic oxidation sites excluding steroid dienone is 4. The van der Waals surface area contributed by atoms with E-state index in [0.717, 1.165) is 24.8 Å². The SMILES string of the molecule is CC(=O)O[C@]1(C(C)=O)CC[C@H]2[C@@H]3C=C(Cl)C4=CC(=O)[C@@H]5C[C@@H]5[C@]4(C)[C@H]3C[C@@]21C. The molecular weight excluding hydrogens is 376 g/mol. The molecule has 5 aliphatic rings. The molecule has 0 N–H and O–H groups in total. The molecule has 3 saturated carbocycles. The zero-order chi connectivity index (χ0) is 20.2. The Labute approximate surface area is 170 Å². The van der Waals surface area contributed by atoms with Crippen molar-refractivity contribution in [3.8, 4) is 0 Å². The van der Waals surface area contributed by atoms with Crippen molar-refractivity contribution in [1.29, 1.82) is 0 Å². The second-order valence-electron chi connectivity index (χ2n) is 10.1. The maximum Gasteiger partial charge on any atom is 0.303 e. The van der Waals surface area contributed by atoms with Gasteiger partial charge in [-0.25, -0.2) is 0 Å². The number of hydrogen-bond acceptors (Lipinski definition) is 4. The van der Waals surface area contributed by atoms with Crippen molar-refractivity contribution >= 4 is 29.1 Å². The van der Waals surface area contributed by atoms with Crippen LogP contribution in [0.3, 0.4) is 0 Å². The van der Waals surface area contributed by atoms with E-state index in [2.05, 4.69) is 19.9 Å². The third-order valence-corrected chi connectivity index (χ3v) is 9.50. The van der Waals surface area contributed by atoms with Gasteiger partial charge < -0.3 is 4.74 Å². The Morgan fingerprint density at radius 2 is 1.89 bits per heavy atom. The Kier molecular flexibility index (Phi) is 3.58. The predicted octanol–water partition coefficient (Wildman–Crippen LogP) is 4.22. The Morgan fingerprint density at radius 3 is 2.54 bits per heavy atom. The summed E-state index contributed by atoms with van der Waals surface area (Å²) >= 11 is 6.74. The monoisotopic (exact) mass is 402 g/mol. The molecule has 0 bridgehead atoms. The van der Waals surface area contributed by atoms with E-state index in [9.17, 15) is 14.4 Å². The molecule has 0 spiro atoms. The Bertz CT molecular complexity index is 887. The number of Topliss-reactive ketones (excluding diaryl/α,β-unsaturated/α-hetero) is 1. The van der Waals surface area contributed by atoms with Crippen LogP contribution in [-0.4, -0.2) is 23.1 Å². The van der Waals surface area contributed by atoms with Crippen LogP contribution >= 0.6 is 11.6 Å². The molecule has 0 aliphatic heterocycles. The van der Waals surface area contributed by atoms with Crippen molar-refractivity contribution in [2.75, 3.05) is 0 Å². The van der Waals surface area contributed by atoms with Crippen LogP contribution in [0.2, 0.25) is 0 Å². The van der Waals surface area contributed by atoms with E-state index in [-0.39, 0.29) is 34.7 Å². The van der Waals surface area contributed by atoms with Gasteiger partial charge in [0.1, 0.15) is 0 Å². The highest BCUT2D eigenvalue weighted by Gasteiger charge is 2.73. The Hall–Kier alpha value is -1.42. The largest absolute Gasteiger partial charge is 0.451 e. The lowest BCUT2D eigenvalue weighted by Gasteiger charge is -2.47. The number of hydrogen-bond donors (Lipinski definition) is 0. The lowest BCUT2D eigenvalue weighted by atomic mass is 9.58. The van der Waals surface area contributed by atoms with Gasteiger partial charge in [0.25, 0.3) is 0 Å². The molecule has 0 aromatic carbocycles. The van der Waals surface area contributed by atoms with Crippen LogP contribution in [0.1, 0.15) is 53.4 Å². The molecule has 150 valence electrons. The standard InChI is InChI=1S/C23H27ClO4/c1-11(25)23(28-12(2)26)6-5-15-13-8-19(24)17-9-20(27)14-7-16(14)22(17,4)18(13)10-21(15,23)3/h8-9,13-16,18H,5-7,10H2,1-4H3/t13-,14+,15-,16-,18-,21-,22-,23-/m0/s1. The molecule has 8 atom stereocenters. The molecule has 0 aromatic rings. The fourth-order valence-electron chi connectivity index (χ4n) is 7.81. The van der Waals surface area contributed by atoms with Crippen LogP contribution in [0.4, 0.5) is 0 Å². The summed E-state index contributed by atoms with van der Waals surface area (Å²) in [6.45, 7) is 7.36. The maximum absolute atomic E-state index is 12.8. The van der Waals surface area contributed by atoms with Crippen molar-refractivity contribution in [2.45, 2.75) is 59.0 Å². The van der Waals surface area contributed by atoms with Gasteiger partial charge in [-0.15, -0.1) is 0 Å². The van der Waals surface area contributed by atoms with E-state index in [1.165, 1.54) is 6.92 Å². The third kappa shape index (κ3) is 1.96. The van der Waals surface area contributed by atoms with Gasteiger partial charge in [0.15, 0.2) is 17.2 Å². The van der Waals surface area contributed by atoms with E-state index in [1.54, 1.807) is 13.0 Å². The van der Waals surface area contributed by atoms with Gasteiger partial charge in [-0.3, -0.25) is 14.4 Å². The average molecular weight is 403 g/mol. The summed E-state index contributed by atoms with van der Waals surface area (Å²) in [5, 5.41) is 0.708. The van der Waals surface area contributed by atoms with E-state index >= 15 is 0 Å². The van der Waals surface area contributed by atoms with Crippen molar-refractivity contribution in [2.24, 2.45) is 40.4 Å². The summed E-state index contributed by atoms with van der Waals surface area (Å²) in [4.78, 5) is 37.1. The predicted molar refractivity (Wildman–Crippen MR) is 104 cm³/mol. The van der Waals surface area contributed by atoms with Crippen molar-refractivity contribution in [1.82, 2.24) is 0 Å². The molecule has 0 aromatic heterocycles. The molecule has 4 nitrogen and oxygen atoms in total. The van der Waals surface area contributed by atoms with Gasteiger partial charge in [-0.1, -0.05) is 31.5 Å². The zero-order valence-corrected chi connectivity index (χ0v) is 17.6. The van der Waals surface area contributed by atoms with Gasteiger partial charge >= 0.3 is 5.97 Å². The van der Waals surface area contributed by atoms with Gasteiger partial charge in [-0.2, -0.15) is 0 Å². The fraction of sp³-hybridized carbons (Fsp3) is 0.696. The highest BCUT2D eigenvalue weighted by Crippen LogP contribution is 2.75. The minimum absolute atomic E-state index is 0.0505. The lowest BCUT2D eigenvalue weighted by Crippen LogP contribution is -2.52. The molecule has 0 amide bonds. The molecular formula is C23H27ClO4. The number of ether oxygens (including phenoxy) is 1. The molecule has 28 heavy (non-hydrogen) atoms. The van der Waals surface area contributed by atoms with Crippen LogP contribution < -0.4 is 0 Å². The number of carbonyl (C=O) groups excluding carboxylic acids is 3. The summed E-state index contributed by atoms with van der Waals surface area (Å²) in [5.41, 5.74) is -0.600. The van der Waals surface area contributed by atoms with Crippen molar-refractivity contribution in [3.05, 3.63) is 22.8 Å². The second-order valence-corrected chi connectivity index (χ2v) is 10.5. The fourth-order valence-corrected chi connectivity index (χ4v) is 8.22. The van der Waals surface area contributed by atoms with Crippen LogP contribution in [0, 0.1) is 40.4 Å². The normalized spacial score (nSPS) is 50.6. The number of halogens is 1. The lowest BCUT2D eigenvalue weighted by molar-refractivity contribution is -0.178. The average Bonchev–Trinajstić information content (AvgIpc) is 3.30. The first-order valence-electron chi connectivity index (χ1n) is 10.4. The summed E-state index contributed by atoms with van der Waals surface area (Å²) < 4.78 is 5.82. The van der Waals surface area contributed by atoms with Crippen LogP contribution in [0.25, 0.3) is 0 Å². The minimum Gasteiger partial charge on any atom is -0.451 e. The Morgan fingerprint density at radius 1 is 1.18 bits per heavy atom.